The number of alkyl halides is 3. The molecule has 0 saturated heterocycles. The highest BCUT2D eigenvalue weighted by atomic mass is 19.4. The first-order chi connectivity index (χ1) is 11.3. The first-order valence-corrected chi connectivity index (χ1v) is 7.11. The molecule has 0 aliphatic heterocycles. The lowest BCUT2D eigenvalue weighted by molar-refractivity contribution is -0.137. The Morgan fingerprint density at radius 3 is 2.08 bits per heavy atom. The Kier molecular flexibility index (Phi) is 4.01. The number of aromatic hydroxyl groups is 1. The van der Waals surface area contributed by atoms with E-state index in [0.29, 0.717) is 11.6 Å². The van der Waals surface area contributed by atoms with E-state index in [1.165, 1.54) is 12.1 Å². The Balaban J connectivity index is 2.15. The minimum Gasteiger partial charge on any atom is -0.508 e. The number of halogens is 4. The molecule has 24 heavy (non-hydrogen) atoms. The first kappa shape index (κ1) is 16.1. The average molecular weight is 332 g/mol. The highest BCUT2D eigenvalue weighted by Gasteiger charge is 2.31. The molecule has 0 fully saturated rings. The molecule has 1 nitrogen and oxygen atoms in total. The van der Waals surface area contributed by atoms with Crippen LogP contribution in [0.5, 0.6) is 5.75 Å². The fourth-order valence-electron chi connectivity index (χ4n) is 2.49. The van der Waals surface area contributed by atoms with E-state index >= 15 is 0 Å². The summed E-state index contributed by atoms with van der Waals surface area (Å²) in [5.41, 5.74) is 0.427. The number of benzene rings is 3. The maximum Gasteiger partial charge on any atom is 0.416 e. The quantitative estimate of drug-likeness (QED) is 0.581. The molecule has 122 valence electrons. The summed E-state index contributed by atoms with van der Waals surface area (Å²) < 4.78 is 52.9. The van der Waals surface area contributed by atoms with Crippen LogP contribution in [0.25, 0.3) is 22.3 Å². The summed E-state index contributed by atoms with van der Waals surface area (Å²) in [5, 5.41) is 9.57. The molecule has 0 aliphatic carbocycles. The van der Waals surface area contributed by atoms with Crippen molar-refractivity contribution in [3.8, 4) is 28.0 Å². The predicted molar refractivity (Wildman–Crippen MR) is 83.9 cm³/mol. The van der Waals surface area contributed by atoms with Gasteiger partial charge in [-0.05, 0) is 47.0 Å². The summed E-state index contributed by atoms with van der Waals surface area (Å²) >= 11 is 0. The van der Waals surface area contributed by atoms with Crippen LogP contribution >= 0.6 is 0 Å². The zero-order chi connectivity index (χ0) is 17.3. The molecular formula is C19H12F4O. The van der Waals surface area contributed by atoms with E-state index in [1.54, 1.807) is 6.07 Å². The van der Waals surface area contributed by atoms with Crippen LogP contribution in [0.1, 0.15) is 5.56 Å². The lowest BCUT2D eigenvalue weighted by Gasteiger charge is -2.12. The van der Waals surface area contributed by atoms with E-state index in [1.807, 2.05) is 30.3 Å². The molecule has 0 saturated carbocycles. The van der Waals surface area contributed by atoms with Crippen LogP contribution in [-0.4, -0.2) is 5.11 Å². The Hall–Kier alpha value is -2.82. The van der Waals surface area contributed by atoms with Gasteiger partial charge in [-0.15, -0.1) is 0 Å². The van der Waals surface area contributed by atoms with Gasteiger partial charge >= 0.3 is 6.18 Å². The van der Waals surface area contributed by atoms with Crippen molar-refractivity contribution in [3.63, 3.8) is 0 Å². The monoisotopic (exact) mass is 332 g/mol. The molecule has 5 heteroatoms. The molecule has 3 rings (SSSR count). The van der Waals surface area contributed by atoms with Gasteiger partial charge in [0.1, 0.15) is 11.6 Å². The minimum atomic E-state index is -4.62. The molecule has 0 amide bonds. The van der Waals surface area contributed by atoms with E-state index in [0.717, 1.165) is 17.7 Å². The topological polar surface area (TPSA) is 20.2 Å². The minimum absolute atomic E-state index is 0.00208. The predicted octanol–water partition coefficient (Wildman–Crippen LogP) is 5.88. The fraction of sp³-hybridized carbons (Fsp3) is 0.0526. The zero-order valence-corrected chi connectivity index (χ0v) is 12.3. The summed E-state index contributed by atoms with van der Waals surface area (Å²) in [7, 11) is 0. The van der Waals surface area contributed by atoms with Gasteiger partial charge in [0, 0.05) is 5.56 Å². The summed E-state index contributed by atoms with van der Waals surface area (Å²) in [5.74, 6) is -1.22. The van der Waals surface area contributed by atoms with E-state index in [4.69, 9.17) is 0 Å². The average Bonchev–Trinajstić information content (AvgIpc) is 2.55. The summed E-state index contributed by atoms with van der Waals surface area (Å²) in [6.45, 7) is 0. The van der Waals surface area contributed by atoms with Crippen LogP contribution in [0.2, 0.25) is 0 Å². The molecule has 0 atom stereocenters. The molecule has 0 unspecified atom stereocenters. The molecule has 3 aromatic rings. The van der Waals surface area contributed by atoms with Crippen LogP contribution in [0.3, 0.4) is 0 Å². The van der Waals surface area contributed by atoms with Crippen LogP contribution in [0, 0.1) is 5.82 Å². The van der Waals surface area contributed by atoms with E-state index in [-0.39, 0.29) is 11.1 Å². The number of phenolic OH excluding ortho intramolecular Hbond substituents is 1. The Morgan fingerprint density at radius 2 is 1.42 bits per heavy atom. The highest BCUT2D eigenvalue weighted by molar-refractivity contribution is 5.74. The van der Waals surface area contributed by atoms with Crippen LogP contribution in [-0.2, 0) is 6.18 Å². The van der Waals surface area contributed by atoms with Gasteiger partial charge in [-0.25, -0.2) is 4.39 Å². The Morgan fingerprint density at radius 1 is 0.708 bits per heavy atom. The van der Waals surface area contributed by atoms with Crippen molar-refractivity contribution in [1.29, 1.82) is 0 Å². The second kappa shape index (κ2) is 6.00. The zero-order valence-electron chi connectivity index (χ0n) is 12.3. The normalized spacial score (nSPS) is 11.5. The molecule has 3 aromatic carbocycles. The molecular weight excluding hydrogens is 320 g/mol. The highest BCUT2D eigenvalue weighted by Crippen LogP contribution is 2.37. The van der Waals surface area contributed by atoms with E-state index in [2.05, 4.69) is 0 Å². The van der Waals surface area contributed by atoms with Gasteiger partial charge in [-0.1, -0.05) is 36.4 Å². The van der Waals surface area contributed by atoms with Crippen molar-refractivity contribution >= 4 is 0 Å². The van der Waals surface area contributed by atoms with Gasteiger partial charge in [0.05, 0.1) is 5.56 Å². The van der Waals surface area contributed by atoms with Crippen LogP contribution in [0.15, 0.2) is 66.7 Å². The second-order valence-electron chi connectivity index (χ2n) is 5.33. The second-order valence-corrected chi connectivity index (χ2v) is 5.33. The van der Waals surface area contributed by atoms with E-state index in [9.17, 15) is 22.7 Å². The van der Waals surface area contributed by atoms with Crippen molar-refractivity contribution in [1.82, 2.24) is 0 Å². The maximum atomic E-state index is 14.2. The number of rotatable bonds is 2. The largest absolute Gasteiger partial charge is 0.508 e. The maximum absolute atomic E-state index is 14.2. The van der Waals surface area contributed by atoms with Gasteiger partial charge in [-0.2, -0.15) is 13.2 Å². The molecule has 0 bridgehead atoms. The van der Waals surface area contributed by atoms with Crippen molar-refractivity contribution in [2.24, 2.45) is 0 Å². The number of phenols is 1. The van der Waals surface area contributed by atoms with Gasteiger partial charge in [0.25, 0.3) is 0 Å². The van der Waals surface area contributed by atoms with E-state index < -0.39 is 23.3 Å². The van der Waals surface area contributed by atoms with Gasteiger partial charge in [-0.3, -0.25) is 0 Å². The third-order valence-corrected chi connectivity index (χ3v) is 3.63. The standard InChI is InChI=1S/C19H12F4O/c20-18-7-6-13(12-4-2-1-3-5-12)10-17(18)14-8-15(19(21,22)23)11-16(24)9-14/h1-11,24H. The Bertz CT molecular complexity index is 870. The number of hydrogen-bond donors (Lipinski definition) is 1. The molecule has 1 N–H and O–H groups in total. The fourth-order valence-corrected chi connectivity index (χ4v) is 2.49. The summed E-state index contributed by atoms with van der Waals surface area (Å²) in [4.78, 5) is 0. The first-order valence-electron chi connectivity index (χ1n) is 7.11. The smallest absolute Gasteiger partial charge is 0.416 e. The van der Waals surface area contributed by atoms with Crippen LogP contribution < -0.4 is 0 Å². The third-order valence-electron chi connectivity index (χ3n) is 3.63. The van der Waals surface area contributed by atoms with Crippen molar-refractivity contribution < 1.29 is 22.7 Å². The summed E-state index contributed by atoms with van der Waals surface area (Å²) in [6.07, 6.45) is -4.62. The lowest BCUT2D eigenvalue weighted by Crippen LogP contribution is -2.04. The molecule has 0 radical (unpaired) electrons. The third kappa shape index (κ3) is 3.25. The number of hydrogen-bond acceptors (Lipinski definition) is 1. The molecule has 0 aromatic heterocycles. The Labute approximate surface area is 135 Å². The molecule has 0 heterocycles. The van der Waals surface area contributed by atoms with Crippen LogP contribution in [0.4, 0.5) is 17.6 Å². The lowest BCUT2D eigenvalue weighted by atomic mass is 9.97. The molecule has 0 spiro atoms. The van der Waals surface area contributed by atoms with Gasteiger partial charge in [0.15, 0.2) is 0 Å². The van der Waals surface area contributed by atoms with Gasteiger partial charge < -0.3 is 5.11 Å². The van der Waals surface area contributed by atoms with Gasteiger partial charge in [0.2, 0.25) is 0 Å². The summed E-state index contributed by atoms with van der Waals surface area (Å²) in [6, 6.07) is 15.9. The molecule has 0 aliphatic rings. The van der Waals surface area contributed by atoms with Crippen molar-refractivity contribution in [2.75, 3.05) is 0 Å². The SMILES string of the molecule is Oc1cc(-c2cc(-c3ccccc3)ccc2F)cc(C(F)(F)F)c1. The van der Waals surface area contributed by atoms with Crippen molar-refractivity contribution in [2.45, 2.75) is 6.18 Å². The van der Waals surface area contributed by atoms with Crippen molar-refractivity contribution in [3.05, 3.63) is 78.1 Å².